The number of rotatable bonds is 6. The molecule has 0 fully saturated rings. The molecule has 0 aliphatic carbocycles. The van der Waals surface area contributed by atoms with Crippen molar-refractivity contribution in [1.29, 1.82) is 0 Å². The lowest BCUT2D eigenvalue weighted by atomic mass is 10.1. The van der Waals surface area contributed by atoms with Crippen molar-refractivity contribution in [2.24, 2.45) is 0 Å². The van der Waals surface area contributed by atoms with E-state index in [-0.39, 0.29) is 5.75 Å². The molecule has 2 aromatic rings. The third-order valence-corrected chi connectivity index (χ3v) is 4.79. The fraction of sp³-hybridized carbons (Fsp3) is 0.200. The van der Waals surface area contributed by atoms with Crippen molar-refractivity contribution < 1.29 is 8.42 Å². The van der Waals surface area contributed by atoms with E-state index in [0.29, 0.717) is 5.69 Å². The summed E-state index contributed by atoms with van der Waals surface area (Å²) >= 11 is 2.15. The largest absolute Gasteiger partial charge is 0.316 e. The number of anilines is 1. The van der Waals surface area contributed by atoms with E-state index in [0.717, 1.165) is 21.2 Å². The third kappa shape index (κ3) is 5.29. The Balaban J connectivity index is 2.06. The van der Waals surface area contributed by atoms with Crippen LogP contribution in [0.15, 0.2) is 48.5 Å². The molecule has 6 heteroatoms. The quantitative estimate of drug-likeness (QED) is 0.713. The van der Waals surface area contributed by atoms with Gasteiger partial charge in [-0.2, -0.15) is 0 Å². The molecule has 0 heterocycles. The zero-order valence-corrected chi connectivity index (χ0v) is 14.6. The minimum absolute atomic E-state index is 0.0295. The van der Waals surface area contributed by atoms with Gasteiger partial charge in [0, 0.05) is 15.8 Å². The molecular formula is C15H17IN2O2S. The Labute approximate surface area is 139 Å². The molecule has 0 aliphatic heterocycles. The highest BCUT2D eigenvalue weighted by Gasteiger charge is 2.11. The van der Waals surface area contributed by atoms with Crippen molar-refractivity contribution in [2.75, 3.05) is 11.8 Å². The van der Waals surface area contributed by atoms with Crippen LogP contribution in [0.2, 0.25) is 0 Å². The first kappa shape index (κ1) is 16.3. The molecule has 2 N–H and O–H groups in total. The van der Waals surface area contributed by atoms with Gasteiger partial charge in [0.25, 0.3) is 0 Å². The smallest absolute Gasteiger partial charge is 0.236 e. The fourth-order valence-corrected chi connectivity index (χ4v) is 3.68. The van der Waals surface area contributed by atoms with E-state index in [4.69, 9.17) is 0 Å². The maximum absolute atomic E-state index is 12.2. The van der Waals surface area contributed by atoms with E-state index in [2.05, 4.69) is 32.6 Å². The van der Waals surface area contributed by atoms with Crippen molar-refractivity contribution in [2.45, 2.75) is 12.3 Å². The second-order valence-electron chi connectivity index (χ2n) is 4.72. The highest BCUT2D eigenvalue weighted by molar-refractivity contribution is 14.1. The van der Waals surface area contributed by atoms with Crippen LogP contribution in [0.5, 0.6) is 0 Å². The van der Waals surface area contributed by atoms with Crippen molar-refractivity contribution in [3.8, 4) is 0 Å². The summed E-state index contributed by atoms with van der Waals surface area (Å²) in [6.07, 6.45) is 0. The summed E-state index contributed by atoms with van der Waals surface area (Å²) in [6.45, 7) is 0.772. The first-order chi connectivity index (χ1) is 9.98. The van der Waals surface area contributed by atoms with Gasteiger partial charge in [-0.15, -0.1) is 0 Å². The van der Waals surface area contributed by atoms with E-state index in [1.807, 2.05) is 43.4 Å². The molecule has 0 aliphatic rings. The topological polar surface area (TPSA) is 58.2 Å². The van der Waals surface area contributed by atoms with Gasteiger partial charge in [-0.05, 0) is 59.0 Å². The van der Waals surface area contributed by atoms with Gasteiger partial charge in [0.1, 0.15) is 0 Å². The van der Waals surface area contributed by atoms with Crippen LogP contribution in [0.3, 0.4) is 0 Å². The van der Waals surface area contributed by atoms with Crippen molar-refractivity contribution in [3.05, 3.63) is 63.2 Å². The lowest BCUT2D eigenvalue weighted by molar-refractivity contribution is 0.600. The molecule has 0 aromatic heterocycles. The Morgan fingerprint density at radius 3 is 2.33 bits per heavy atom. The molecule has 0 spiro atoms. The highest BCUT2D eigenvalue weighted by atomic mass is 127. The zero-order chi connectivity index (χ0) is 15.3. The Hall–Kier alpha value is -1.12. The van der Waals surface area contributed by atoms with Gasteiger partial charge in [-0.25, -0.2) is 8.42 Å². The molecule has 2 rings (SSSR count). The highest BCUT2D eigenvalue weighted by Crippen LogP contribution is 2.16. The minimum atomic E-state index is -3.40. The van der Waals surface area contributed by atoms with Crippen LogP contribution in [0, 0.1) is 3.57 Å². The van der Waals surface area contributed by atoms with Gasteiger partial charge < -0.3 is 5.32 Å². The van der Waals surface area contributed by atoms with E-state index < -0.39 is 10.0 Å². The molecule has 4 nitrogen and oxygen atoms in total. The molecule has 0 saturated heterocycles. The standard InChI is InChI=1S/C15H17IN2O2S/c1-17-10-12-5-7-13(8-6-12)11-21(19,20)18-15-4-2-3-14(16)9-15/h2-9,17-18H,10-11H2,1H3. The number of halogens is 1. The second kappa shape index (κ2) is 7.24. The van der Waals surface area contributed by atoms with Crippen LogP contribution >= 0.6 is 22.6 Å². The number of hydrogen-bond donors (Lipinski definition) is 2. The number of sulfonamides is 1. The lowest BCUT2D eigenvalue weighted by Gasteiger charge is -2.09. The van der Waals surface area contributed by atoms with E-state index in [1.165, 1.54) is 0 Å². The third-order valence-electron chi connectivity index (χ3n) is 2.86. The lowest BCUT2D eigenvalue weighted by Crippen LogP contribution is -2.15. The maximum Gasteiger partial charge on any atom is 0.236 e. The second-order valence-corrected chi connectivity index (χ2v) is 7.69. The van der Waals surface area contributed by atoms with Crippen LogP contribution in [-0.4, -0.2) is 15.5 Å². The van der Waals surface area contributed by atoms with Gasteiger partial charge >= 0.3 is 0 Å². The van der Waals surface area contributed by atoms with Gasteiger partial charge in [0.15, 0.2) is 0 Å². The van der Waals surface area contributed by atoms with Crippen LogP contribution in [0.25, 0.3) is 0 Å². The first-order valence-corrected chi connectivity index (χ1v) is 9.20. The molecule has 112 valence electrons. The van der Waals surface area contributed by atoms with Crippen LogP contribution in [-0.2, 0) is 22.3 Å². The van der Waals surface area contributed by atoms with E-state index in [9.17, 15) is 8.42 Å². The summed E-state index contributed by atoms with van der Waals surface area (Å²) in [5, 5.41) is 3.06. The monoisotopic (exact) mass is 416 g/mol. The summed E-state index contributed by atoms with van der Waals surface area (Å²) in [6, 6.07) is 14.9. The normalized spacial score (nSPS) is 11.3. The Morgan fingerprint density at radius 1 is 1.05 bits per heavy atom. The fourth-order valence-electron chi connectivity index (χ4n) is 1.94. The molecular weight excluding hydrogens is 399 g/mol. The number of hydrogen-bond acceptors (Lipinski definition) is 3. The van der Waals surface area contributed by atoms with Crippen LogP contribution in [0.1, 0.15) is 11.1 Å². The number of nitrogens with one attached hydrogen (secondary N) is 2. The molecule has 0 amide bonds. The van der Waals surface area contributed by atoms with Gasteiger partial charge in [-0.3, -0.25) is 4.72 Å². The summed E-state index contributed by atoms with van der Waals surface area (Å²) in [4.78, 5) is 0. The van der Waals surface area contributed by atoms with Crippen LogP contribution < -0.4 is 10.0 Å². The molecule has 2 aromatic carbocycles. The van der Waals surface area contributed by atoms with Gasteiger partial charge in [-0.1, -0.05) is 30.3 Å². The molecule has 0 bridgehead atoms. The summed E-state index contributed by atoms with van der Waals surface area (Å²) < 4.78 is 27.9. The molecule has 21 heavy (non-hydrogen) atoms. The Morgan fingerprint density at radius 2 is 1.71 bits per heavy atom. The van der Waals surface area contributed by atoms with Crippen molar-refractivity contribution in [3.63, 3.8) is 0 Å². The molecule has 0 atom stereocenters. The molecule has 0 saturated carbocycles. The van der Waals surface area contributed by atoms with Gasteiger partial charge in [0.05, 0.1) is 5.75 Å². The Kier molecular flexibility index (Phi) is 5.60. The van der Waals surface area contributed by atoms with E-state index >= 15 is 0 Å². The average Bonchev–Trinajstić information content (AvgIpc) is 2.40. The van der Waals surface area contributed by atoms with Crippen molar-refractivity contribution >= 4 is 38.3 Å². The zero-order valence-electron chi connectivity index (χ0n) is 11.6. The summed E-state index contributed by atoms with van der Waals surface area (Å²) in [5.74, 6) is -0.0295. The number of benzene rings is 2. The predicted molar refractivity (Wildman–Crippen MR) is 94.6 cm³/mol. The average molecular weight is 416 g/mol. The SMILES string of the molecule is CNCc1ccc(CS(=O)(=O)Nc2cccc(I)c2)cc1. The van der Waals surface area contributed by atoms with Crippen molar-refractivity contribution in [1.82, 2.24) is 5.32 Å². The minimum Gasteiger partial charge on any atom is -0.316 e. The van der Waals surface area contributed by atoms with Gasteiger partial charge in [0.2, 0.25) is 10.0 Å². The molecule has 0 radical (unpaired) electrons. The maximum atomic E-state index is 12.2. The first-order valence-electron chi connectivity index (χ1n) is 6.47. The van der Waals surface area contributed by atoms with E-state index in [1.54, 1.807) is 12.1 Å². The summed E-state index contributed by atoms with van der Waals surface area (Å²) in [7, 11) is -1.52. The summed E-state index contributed by atoms with van der Waals surface area (Å²) in [5.41, 5.74) is 2.49. The van der Waals surface area contributed by atoms with Crippen LogP contribution in [0.4, 0.5) is 5.69 Å². The molecule has 0 unspecified atom stereocenters. The predicted octanol–water partition coefficient (Wildman–Crippen LogP) is 2.95. The Bertz CT molecular complexity index is 700.